The van der Waals surface area contributed by atoms with Crippen molar-refractivity contribution in [3.8, 4) is 6.07 Å². The summed E-state index contributed by atoms with van der Waals surface area (Å²) in [6.45, 7) is 1.95. The number of nitriles is 1. The van der Waals surface area contributed by atoms with Gasteiger partial charge < -0.3 is 15.5 Å². The number of hydrogen-bond donors (Lipinski definition) is 3. The number of hydrogen-bond acceptors (Lipinski definition) is 4. The van der Waals surface area contributed by atoms with E-state index in [1.54, 1.807) is 0 Å². The molecule has 4 heteroatoms. The normalized spacial score (nSPS) is 32.7. The van der Waals surface area contributed by atoms with Gasteiger partial charge >= 0.3 is 0 Å². The van der Waals surface area contributed by atoms with Gasteiger partial charge in [-0.3, -0.25) is 0 Å². The second kappa shape index (κ2) is 4.52. The van der Waals surface area contributed by atoms with Crippen molar-refractivity contribution in [2.45, 2.75) is 44.4 Å². The smallest absolute Gasteiger partial charge is 0.100 e. The lowest BCUT2D eigenvalue weighted by molar-refractivity contribution is -0.0351. The Morgan fingerprint density at radius 2 is 2.11 bits per heavy atom. The van der Waals surface area contributed by atoms with Gasteiger partial charge in [-0.05, 0) is 49.3 Å². The minimum Gasteiger partial charge on any atom is -0.390 e. The van der Waals surface area contributed by atoms with Gasteiger partial charge in [0.05, 0.1) is 23.8 Å². The van der Waals surface area contributed by atoms with Gasteiger partial charge in [-0.25, -0.2) is 0 Å². The molecule has 3 N–H and O–H groups in total. The Bertz CT molecular complexity index is 550. The number of aryl methyl sites for hydroxylation is 1. The molecule has 0 amide bonds. The summed E-state index contributed by atoms with van der Waals surface area (Å²) in [5, 5.41) is 32.3. The summed E-state index contributed by atoms with van der Waals surface area (Å²) in [6.07, 6.45) is 1.13. The van der Waals surface area contributed by atoms with Crippen LogP contribution < -0.4 is 5.32 Å². The molecule has 4 nitrogen and oxygen atoms in total. The average molecular weight is 258 g/mol. The van der Waals surface area contributed by atoms with Crippen LogP contribution in [0.15, 0.2) is 12.1 Å². The highest BCUT2D eigenvalue weighted by Gasteiger charge is 2.40. The molecule has 0 aromatic heterocycles. The van der Waals surface area contributed by atoms with Crippen molar-refractivity contribution in [3.63, 3.8) is 0 Å². The van der Waals surface area contributed by atoms with E-state index >= 15 is 0 Å². The summed E-state index contributed by atoms with van der Waals surface area (Å²) >= 11 is 0. The maximum Gasteiger partial charge on any atom is 0.100 e. The average Bonchev–Trinajstić information content (AvgIpc) is 2.41. The number of fused-ring (bicyclic) bond motifs is 2. The molecule has 100 valence electrons. The van der Waals surface area contributed by atoms with Crippen LogP contribution in [0.2, 0.25) is 0 Å². The van der Waals surface area contributed by atoms with E-state index in [0.29, 0.717) is 17.9 Å². The first kappa shape index (κ1) is 12.5. The lowest BCUT2D eigenvalue weighted by atomic mass is 9.75. The van der Waals surface area contributed by atoms with Crippen LogP contribution in [0.25, 0.3) is 0 Å². The van der Waals surface area contributed by atoms with Gasteiger partial charge in [-0.1, -0.05) is 6.07 Å². The van der Waals surface area contributed by atoms with Crippen molar-refractivity contribution in [2.24, 2.45) is 5.92 Å². The molecule has 3 unspecified atom stereocenters. The minimum absolute atomic E-state index is 0.106. The largest absolute Gasteiger partial charge is 0.390 e. The van der Waals surface area contributed by atoms with Gasteiger partial charge in [0.15, 0.2) is 0 Å². The molecule has 1 aliphatic carbocycles. The van der Waals surface area contributed by atoms with Crippen molar-refractivity contribution in [1.29, 1.82) is 5.26 Å². The predicted octanol–water partition coefficient (Wildman–Crippen LogP) is 1.34. The van der Waals surface area contributed by atoms with Crippen molar-refractivity contribution >= 4 is 5.69 Å². The highest BCUT2D eigenvalue weighted by atomic mass is 16.3. The minimum atomic E-state index is -0.723. The molecule has 19 heavy (non-hydrogen) atoms. The molecule has 0 saturated heterocycles. The Hall–Kier alpha value is -1.57. The topological polar surface area (TPSA) is 76.3 Å². The van der Waals surface area contributed by atoms with E-state index in [1.807, 2.05) is 13.0 Å². The molecule has 1 aromatic rings. The third kappa shape index (κ3) is 1.99. The van der Waals surface area contributed by atoms with E-state index in [0.717, 1.165) is 24.1 Å². The van der Waals surface area contributed by atoms with E-state index in [4.69, 9.17) is 5.26 Å². The molecule has 1 saturated carbocycles. The molecular weight excluding hydrogens is 240 g/mol. The first-order valence-electron chi connectivity index (χ1n) is 6.76. The van der Waals surface area contributed by atoms with Crippen LogP contribution >= 0.6 is 0 Å². The second-order valence-corrected chi connectivity index (χ2v) is 5.71. The third-order valence-corrected chi connectivity index (χ3v) is 4.48. The molecule has 0 bridgehead atoms. The van der Waals surface area contributed by atoms with Gasteiger partial charge in [0.25, 0.3) is 0 Å². The van der Waals surface area contributed by atoms with Gasteiger partial charge in [0.1, 0.15) is 6.10 Å². The van der Waals surface area contributed by atoms with Gasteiger partial charge in [0, 0.05) is 5.69 Å². The van der Waals surface area contributed by atoms with E-state index < -0.39 is 12.2 Å². The molecule has 3 rings (SSSR count). The fraction of sp³-hybridized carbons (Fsp3) is 0.533. The van der Waals surface area contributed by atoms with Crippen LogP contribution in [-0.2, 0) is 6.42 Å². The monoisotopic (exact) mass is 258 g/mol. The van der Waals surface area contributed by atoms with Crippen LogP contribution in [0, 0.1) is 24.2 Å². The molecule has 0 spiro atoms. The summed E-state index contributed by atoms with van der Waals surface area (Å²) in [7, 11) is 0. The zero-order valence-corrected chi connectivity index (χ0v) is 10.9. The quantitative estimate of drug-likeness (QED) is 0.656. The number of anilines is 1. The zero-order chi connectivity index (χ0) is 13.6. The van der Waals surface area contributed by atoms with Crippen molar-refractivity contribution in [1.82, 2.24) is 0 Å². The van der Waals surface area contributed by atoms with E-state index in [-0.39, 0.29) is 6.04 Å². The van der Waals surface area contributed by atoms with E-state index in [9.17, 15) is 10.2 Å². The zero-order valence-electron chi connectivity index (χ0n) is 10.9. The SMILES string of the molecule is Cc1cc2c(cc1C#N)NC1C(CCC(O)[C@H]1O)C2. The van der Waals surface area contributed by atoms with Crippen LogP contribution in [0.1, 0.15) is 29.5 Å². The Morgan fingerprint density at radius 1 is 1.32 bits per heavy atom. The number of rotatable bonds is 0. The lowest BCUT2D eigenvalue weighted by Crippen LogP contribution is -2.52. The fourth-order valence-corrected chi connectivity index (χ4v) is 3.34. The highest BCUT2D eigenvalue weighted by molar-refractivity contribution is 5.61. The Morgan fingerprint density at radius 3 is 2.84 bits per heavy atom. The van der Waals surface area contributed by atoms with Crippen LogP contribution in [0.4, 0.5) is 5.69 Å². The van der Waals surface area contributed by atoms with E-state index in [2.05, 4.69) is 17.5 Å². The molecule has 2 aliphatic rings. The predicted molar refractivity (Wildman–Crippen MR) is 71.7 cm³/mol. The number of aliphatic hydroxyl groups is 2. The summed E-state index contributed by atoms with van der Waals surface area (Å²) in [5.41, 5.74) is 3.80. The Kier molecular flexibility index (Phi) is 2.96. The van der Waals surface area contributed by atoms with Crippen LogP contribution in [-0.4, -0.2) is 28.5 Å². The Balaban J connectivity index is 1.96. The maximum atomic E-state index is 10.1. The summed E-state index contributed by atoms with van der Waals surface area (Å²) < 4.78 is 0. The maximum absolute atomic E-state index is 10.1. The van der Waals surface area contributed by atoms with Gasteiger partial charge in [0.2, 0.25) is 0 Å². The standard InChI is InChI=1S/C15H18N2O2/c1-8-4-10-5-9-2-3-13(18)15(19)14(9)17-12(10)6-11(8)7-16/h4,6,9,13-15,17-19H,2-3,5H2,1H3/t9?,13?,14?,15-/m1/s1. The molecule has 1 fully saturated rings. The van der Waals surface area contributed by atoms with Crippen molar-refractivity contribution in [2.75, 3.05) is 5.32 Å². The molecule has 1 aromatic carbocycles. The third-order valence-electron chi connectivity index (χ3n) is 4.48. The van der Waals surface area contributed by atoms with Gasteiger partial charge in [-0.2, -0.15) is 5.26 Å². The molecule has 1 aliphatic heterocycles. The number of nitrogens with zero attached hydrogens (tertiary/aromatic N) is 1. The summed E-state index contributed by atoms with van der Waals surface area (Å²) in [6, 6.07) is 6.00. The number of benzene rings is 1. The second-order valence-electron chi connectivity index (χ2n) is 5.71. The lowest BCUT2D eigenvalue weighted by Gasteiger charge is -2.43. The van der Waals surface area contributed by atoms with Crippen molar-refractivity contribution in [3.05, 3.63) is 28.8 Å². The van der Waals surface area contributed by atoms with Gasteiger partial charge in [-0.15, -0.1) is 0 Å². The molecule has 0 radical (unpaired) electrons. The number of nitrogens with one attached hydrogen (secondary N) is 1. The Labute approximate surface area is 112 Å². The molecular formula is C15H18N2O2. The summed E-state index contributed by atoms with van der Waals surface area (Å²) in [4.78, 5) is 0. The first-order valence-corrected chi connectivity index (χ1v) is 6.76. The summed E-state index contributed by atoms with van der Waals surface area (Å²) in [5.74, 6) is 0.359. The number of aliphatic hydroxyl groups excluding tert-OH is 2. The van der Waals surface area contributed by atoms with Crippen molar-refractivity contribution < 1.29 is 10.2 Å². The van der Waals surface area contributed by atoms with Crippen LogP contribution in [0.5, 0.6) is 0 Å². The van der Waals surface area contributed by atoms with Crippen LogP contribution in [0.3, 0.4) is 0 Å². The molecule has 1 heterocycles. The molecule has 4 atom stereocenters. The fourth-order valence-electron chi connectivity index (χ4n) is 3.34. The first-order chi connectivity index (χ1) is 9.10. The highest BCUT2D eigenvalue weighted by Crippen LogP contribution is 2.37. The van der Waals surface area contributed by atoms with E-state index in [1.165, 1.54) is 5.56 Å².